The summed E-state index contributed by atoms with van der Waals surface area (Å²) in [7, 11) is -1.34. The van der Waals surface area contributed by atoms with Crippen molar-refractivity contribution in [3.8, 4) is 0 Å². The van der Waals surface area contributed by atoms with Crippen LogP contribution in [0.25, 0.3) is 0 Å². The van der Waals surface area contributed by atoms with Crippen LogP contribution in [0.3, 0.4) is 0 Å². The fourth-order valence-corrected chi connectivity index (χ4v) is 2.48. The molecule has 0 saturated heterocycles. The second kappa shape index (κ2) is 6.33. The summed E-state index contributed by atoms with van der Waals surface area (Å²) in [5.74, 6) is -0.513. The van der Waals surface area contributed by atoms with Crippen molar-refractivity contribution in [1.29, 1.82) is 0 Å². The fourth-order valence-electron chi connectivity index (χ4n) is 1.59. The molecule has 19 heavy (non-hydrogen) atoms. The molecule has 1 aromatic carbocycles. The Balaban J connectivity index is 2.71. The molecule has 0 heterocycles. The zero-order chi connectivity index (χ0) is 14.6. The van der Waals surface area contributed by atoms with Gasteiger partial charge in [-0.25, -0.2) is 0 Å². The average Bonchev–Trinajstić information content (AvgIpc) is 2.26. The van der Waals surface area contributed by atoms with E-state index in [0.717, 1.165) is 0 Å². The Morgan fingerprint density at radius 2 is 1.74 bits per heavy atom. The summed E-state index contributed by atoms with van der Waals surface area (Å²) < 4.78 is 17.0. The summed E-state index contributed by atoms with van der Waals surface area (Å²) in [4.78, 5) is 12.1. The highest BCUT2D eigenvalue weighted by Gasteiger charge is 2.16. The van der Waals surface area contributed by atoms with Gasteiger partial charge < -0.3 is 4.74 Å². The van der Waals surface area contributed by atoms with Crippen LogP contribution in [0.15, 0.2) is 29.2 Å². The summed E-state index contributed by atoms with van der Waals surface area (Å²) in [5, 5.41) is 0. The average molecular weight is 282 g/mol. The summed E-state index contributed by atoms with van der Waals surface area (Å²) in [5.41, 5.74) is 1.24. The van der Waals surface area contributed by atoms with Crippen LogP contribution in [0.5, 0.6) is 0 Å². The molecule has 0 amide bonds. The topological polar surface area (TPSA) is 43.4 Å². The predicted octanol–water partition coefficient (Wildman–Crippen LogP) is 3.04. The maximum atomic E-state index is 12.0. The minimum Gasteiger partial charge on any atom is -0.462 e. The second-order valence-electron chi connectivity index (χ2n) is 5.80. The van der Waals surface area contributed by atoms with Gasteiger partial charge in [0, 0.05) is 4.90 Å². The minimum atomic E-state index is -1.34. The number of benzene rings is 1. The zero-order valence-corrected chi connectivity index (χ0v) is 13.0. The first kappa shape index (κ1) is 15.9. The van der Waals surface area contributed by atoms with E-state index in [2.05, 4.69) is 20.8 Å². The molecule has 1 aromatic rings. The second-order valence-corrected chi connectivity index (χ2v) is 7.25. The van der Waals surface area contributed by atoms with Gasteiger partial charge in [-0.2, -0.15) is 0 Å². The molecule has 0 aromatic heterocycles. The third-order valence-corrected chi connectivity index (χ3v) is 3.90. The van der Waals surface area contributed by atoms with Crippen LogP contribution in [0, 0.1) is 0 Å². The van der Waals surface area contributed by atoms with Crippen LogP contribution >= 0.6 is 0 Å². The molecule has 1 unspecified atom stereocenters. The van der Waals surface area contributed by atoms with Gasteiger partial charge in [0.15, 0.2) is 0 Å². The zero-order valence-electron chi connectivity index (χ0n) is 12.2. The van der Waals surface area contributed by atoms with Crippen LogP contribution in [0.4, 0.5) is 0 Å². The van der Waals surface area contributed by atoms with Crippen LogP contribution in [0.2, 0.25) is 0 Å². The van der Waals surface area contributed by atoms with Gasteiger partial charge in [0.05, 0.1) is 16.9 Å². The highest BCUT2D eigenvalue weighted by molar-refractivity contribution is 7.85. The van der Waals surface area contributed by atoms with Crippen LogP contribution in [0.1, 0.15) is 40.2 Å². The van der Waals surface area contributed by atoms with Crippen molar-refractivity contribution in [2.24, 2.45) is 0 Å². The normalized spacial score (nSPS) is 13.4. The van der Waals surface area contributed by atoms with Crippen LogP contribution < -0.4 is 0 Å². The molecule has 0 spiro atoms. The fraction of sp³-hybridized carbons (Fsp3) is 0.533. The van der Waals surface area contributed by atoms with Gasteiger partial charge in [0.25, 0.3) is 0 Å². The van der Waals surface area contributed by atoms with Crippen molar-refractivity contribution in [3.63, 3.8) is 0 Å². The molecule has 1 rings (SSSR count). The molecule has 0 aliphatic rings. The number of rotatable bonds is 4. The van der Waals surface area contributed by atoms with E-state index in [1.807, 2.05) is 24.3 Å². The Morgan fingerprint density at radius 1 is 1.21 bits per heavy atom. The smallest absolute Gasteiger partial charge is 0.319 e. The molecule has 0 saturated carbocycles. The Hall–Kier alpha value is -1.16. The maximum Gasteiger partial charge on any atom is 0.319 e. The Morgan fingerprint density at radius 3 is 2.16 bits per heavy atom. The Labute approximate surface area is 117 Å². The quantitative estimate of drug-likeness (QED) is 0.797. The van der Waals surface area contributed by atoms with Gasteiger partial charge in [0.1, 0.15) is 5.75 Å². The van der Waals surface area contributed by atoms with Crippen molar-refractivity contribution >= 4 is 16.8 Å². The molecule has 106 valence electrons. The molecule has 0 radical (unpaired) electrons. The monoisotopic (exact) mass is 282 g/mol. The molecule has 0 aliphatic heterocycles. The van der Waals surface area contributed by atoms with Crippen molar-refractivity contribution in [2.45, 2.75) is 51.0 Å². The maximum absolute atomic E-state index is 12.0. The number of hydrogen-bond acceptors (Lipinski definition) is 3. The van der Waals surface area contributed by atoms with Crippen molar-refractivity contribution in [1.82, 2.24) is 0 Å². The van der Waals surface area contributed by atoms with Gasteiger partial charge in [-0.3, -0.25) is 9.00 Å². The van der Waals surface area contributed by atoms with E-state index >= 15 is 0 Å². The summed E-state index contributed by atoms with van der Waals surface area (Å²) in [6.45, 7) is 9.93. The van der Waals surface area contributed by atoms with Crippen LogP contribution in [-0.2, 0) is 25.7 Å². The van der Waals surface area contributed by atoms with E-state index in [4.69, 9.17) is 4.74 Å². The van der Waals surface area contributed by atoms with Crippen LogP contribution in [-0.4, -0.2) is 22.0 Å². The van der Waals surface area contributed by atoms with Crippen molar-refractivity contribution in [2.75, 3.05) is 5.75 Å². The third kappa shape index (κ3) is 5.15. The van der Waals surface area contributed by atoms with E-state index < -0.39 is 16.8 Å². The molecule has 0 N–H and O–H groups in total. The predicted molar refractivity (Wildman–Crippen MR) is 77.6 cm³/mol. The lowest BCUT2D eigenvalue weighted by atomic mass is 9.87. The number of carbonyl (C=O) groups excluding carboxylic acids is 1. The Kier molecular flexibility index (Phi) is 5.29. The van der Waals surface area contributed by atoms with Gasteiger partial charge >= 0.3 is 5.97 Å². The molecular weight excluding hydrogens is 260 g/mol. The first-order chi connectivity index (χ1) is 8.70. The minimum absolute atomic E-state index is 0.0661. The number of carbonyl (C=O) groups is 1. The van der Waals surface area contributed by atoms with Crippen molar-refractivity contribution < 1.29 is 13.7 Å². The first-order valence-corrected chi connectivity index (χ1v) is 7.70. The first-order valence-electron chi connectivity index (χ1n) is 6.38. The molecular formula is C15H22O3S. The van der Waals surface area contributed by atoms with Gasteiger partial charge in [-0.15, -0.1) is 0 Å². The summed E-state index contributed by atoms with van der Waals surface area (Å²) in [6.07, 6.45) is -0.173. The number of hydrogen-bond donors (Lipinski definition) is 0. The van der Waals surface area contributed by atoms with Gasteiger partial charge in [-0.05, 0) is 37.0 Å². The van der Waals surface area contributed by atoms with E-state index in [9.17, 15) is 9.00 Å². The molecule has 4 heteroatoms. The Bertz CT molecular complexity index is 455. The molecule has 0 fully saturated rings. The third-order valence-electron chi connectivity index (χ3n) is 2.60. The lowest BCUT2D eigenvalue weighted by molar-refractivity contribution is -0.144. The summed E-state index contributed by atoms with van der Waals surface area (Å²) in [6, 6.07) is 7.56. The molecule has 3 nitrogen and oxygen atoms in total. The van der Waals surface area contributed by atoms with E-state index in [1.54, 1.807) is 13.8 Å². The lowest BCUT2D eigenvalue weighted by Crippen LogP contribution is -2.18. The standard InChI is InChI=1S/C15H22O3S/c1-11(2)18-14(16)10-19(17)13-8-6-12(7-9-13)15(3,4)5/h6-9,11H,10H2,1-5H3. The number of ether oxygens (including phenoxy) is 1. The highest BCUT2D eigenvalue weighted by Crippen LogP contribution is 2.23. The number of esters is 1. The van der Waals surface area contributed by atoms with Gasteiger partial charge in [0.2, 0.25) is 0 Å². The molecule has 1 atom stereocenters. The largest absolute Gasteiger partial charge is 0.462 e. The summed E-state index contributed by atoms with van der Waals surface area (Å²) >= 11 is 0. The van der Waals surface area contributed by atoms with E-state index in [1.165, 1.54) is 5.56 Å². The SMILES string of the molecule is CC(C)OC(=O)CS(=O)c1ccc(C(C)(C)C)cc1. The van der Waals surface area contributed by atoms with Gasteiger partial charge in [-0.1, -0.05) is 32.9 Å². The lowest BCUT2D eigenvalue weighted by Gasteiger charge is -2.19. The molecule has 0 bridgehead atoms. The van der Waals surface area contributed by atoms with Crippen molar-refractivity contribution in [3.05, 3.63) is 29.8 Å². The van der Waals surface area contributed by atoms with E-state index in [-0.39, 0.29) is 17.3 Å². The highest BCUT2D eigenvalue weighted by atomic mass is 32.2. The molecule has 0 aliphatic carbocycles. The van der Waals surface area contributed by atoms with E-state index in [0.29, 0.717) is 4.90 Å².